The van der Waals surface area contributed by atoms with Crippen molar-refractivity contribution in [1.29, 1.82) is 0 Å². The molecule has 1 aliphatic heterocycles. The summed E-state index contributed by atoms with van der Waals surface area (Å²) in [4.78, 5) is 5.24. The maximum absolute atomic E-state index is 5.24. The van der Waals surface area contributed by atoms with E-state index < -0.39 is 0 Å². The predicted molar refractivity (Wildman–Crippen MR) is 88.5 cm³/mol. The number of nitrogens with zero attached hydrogens (tertiary/aromatic N) is 1. The minimum atomic E-state index is 0.378. The van der Waals surface area contributed by atoms with E-state index in [-0.39, 0.29) is 0 Å². The van der Waals surface area contributed by atoms with Crippen molar-refractivity contribution in [3.63, 3.8) is 0 Å². The highest BCUT2D eigenvalue weighted by molar-refractivity contribution is 5.87. The number of nitrogens with one attached hydrogen (secondary N) is 1. The fourth-order valence-corrected chi connectivity index (χ4v) is 4.09. The average molecular weight is 278 g/mol. The molecule has 2 nitrogen and oxygen atoms in total. The molecule has 0 aromatic rings. The Kier molecular flexibility index (Phi) is 5.28. The Hall–Kier alpha value is -0.370. The quantitative estimate of drug-likeness (QED) is 0.742. The van der Waals surface area contributed by atoms with Crippen LogP contribution in [0.5, 0.6) is 0 Å². The van der Waals surface area contributed by atoms with E-state index in [0.29, 0.717) is 17.5 Å². The molecule has 2 fully saturated rings. The average Bonchev–Trinajstić information content (AvgIpc) is 2.40. The highest BCUT2D eigenvalue weighted by Crippen LogP contribution is 2.42. The van der Waals surface area contributed by atoms with Gasteiger partial charge in [0.1, 0.15) is 0 Å². The molecule has 0 aromatic carbocycles. The Morgan fingerprint density at radius 1 is 1.05 bits per heavy atom. The lowest BCUT2D eigenvalue weighted by Gasteiger charge is -2.42. The Bertz CT molecular complexity index is 334. The van der Waals surface area contributed by atoms with Crippen LogP contribution in [-0.2, 0) is 0 Å². The van der Waals surface area contributed by atoms with Crippen LogP contribution in [0.15, 0.2) is 4.99 Å². The molecule has 20 heavy (non-hydrogen) atoms. The maximum Gasteiger partial charge on any atom is 0.0558 e. The van der Waals surface area contributed by atoms with E-state index in [1.165, 1.54) is 50.8 Å². The molecule has 0 amide bonds. The minimum absolute atomic E-state index is 0.378. The van der Waals surface area contributed by atoms with Crippen LogP contribution in [0.25, 0.3) is 0 Å². The van der Waals surface area contributed by atoms with Crippen LogP contribution in [-0.4, -0.2) is 24.3 Å². The van der Waals surface area contributed by atoms with Gasteiger partial charge in [-0.2, -0.15) is 0 Å². The molecule has 0 radical (unpaired) electrons. The fourth-order valence-electron chi connectivity index (χ4n) is 4.09. The zero-order chi connectivity index (χ0) is 14.8. The smallest absolute Gasteiger partial charge is 0.0558 e. The van der Waals surface area contributed by atoms with Gasteiger partial charge < -0.3 is 5.32 Å². The molecule has 2 aliphatic rings. The number of aliphatic imine (C=N–C) groups is 1. The van der Waals surface area contributed by atoms with Crippen molar-refractivity contribution in [1.82, 2.24) is 5.32 Å². The molecule has 116 valence electrons. The van der Waals surface area contributed by atoms with Gasteiger partial charge in [-0.25, -0.2) is 0 Å². The Labute approximate surface area is 125 Å². The lowest BCUT2D eigenvalue weighted by atomic mass is 9.66. The largest absolute Gasteiger partial charge is 0.309 e. The van der Waals surface area contributed by atoms with Gasteiger partial charge in [0.2, 0.25) is 0 Å². The van der Waals surface area contributed by atoms with Gasteiger partial charge in [0.05, 0.1) is 6.04 Å². The maximum atomic E-state index is 5.24. The van der Waals surface area contributed by atoms with Crippen LogP contribution in [0.4, 0.5) is 0 Å². The van der Waals surface area contributed by atoms with Gasteiger partial charge in [-0.15, -0.1) is 0 Å². The first kappa shape index (κ1) is 16.0. The SMILES string of the molecule is CC(=NC1C(C)CCCC1C(C)(C)C)C1CCCCN1. The molecule has 1 heterocycles. The van der Waals surface area contributed by atoms with Gasteiger partial charge in [0, 0.05) is 11.8 Å². The molecule has 0 bridgehead atoms. The van der Waals surface area contributed by atoms with Gasteiger partial charge in [-0.3, -0.25) is 4.99 Å². The van der Waals surface area contributed by atoms with Crippen LogP contribution in [0.2, 0.25) is 0 Å². The van der Waals surface area contributed by atoms with E-state index in [4.69, 9.17) is 4.99 Å². The van der Waals surface area contributed by atoms with Gasteiger partial charge in [-0.05, 0) is 56.4 Å². The standard InChI is InChI=1S/C18H34N2/c1-13-9-8-10-15(18(3,4)5)17(13)20-14(2)16-11-6-7-12-19-16/h13,15-17,19H,6-12H2,1-5H3. The van der Waals surface area contributed by atoms with Crippen molar-refractivity contribution in [2.24, 2.45) is 22.2 Å². The molecule has 0 spiro atoms. The van der Waals surface area contributed by atoms with Crippen molar-refractivity contribution in [3.05, 3.63) is 0 Å². The third-order valence-electron chi connectivity index (χ3n) is 5.45. The third-order valence-corrected chi connectivity index (χ3v) is 5.45. The molecule has 2 rings (SSSR count). The summed E-state index contributed by atoms with van der Waals surface area (Å²) in [6, 6.07) is 1.07. The van der Waals surface area contributed by atoms with E-state index in [1.54, 1.807) is 0 Å². The van der Waals surface area contributed by atoms with E-state index in [9.17, 15) is 0 Å². The van der Waals surface area contributed by atoms with Crippen LogP contribution < -0.4 is 5.32 Å². The molecule has 1 saturated carbocycles. The zero-order valence-electron chi connectivity index (χ0n) is 14.2. The van der Waals surface area contributed by atoms with E-state index in [0.717, 1.165) is 11.8 Å². The van der Waals surface area contributed by atoms with Gasteiger partial charge in [0.15, 0.2) is 0 Å². The fraction of sp³-hybridized carbons (Fsp3) is 0.944. The van der Waals surface area contributed by atoms with Crippen LogP contribution in [0, 0.1) is 17.3 Å². The molecular formula is C18H34N2. The summed E-state index contributed by atoms with van der Waals surface area (Å²) in [5, 5.41) is 3.65. The van der Waals surface area contributed by atoms with Crippen molar-refractivity contribution in [2.75, 3.05) is 6.54 Å². The summed E-state index contributed by atoms with van der Waals surface area (Å²) in [5.41, 5.74) is 1.74. The second-order valence-electron chi connectivity index (χ2n) is 8.14. The van der Waals surface area contributed by atoms with Gasteiger partial charge >= 0.3 is 0 Å². The number of rotatable bonds is 2. The summed E-state index contributed by atoms with van der Waals surface area (Å²) < 4.78 is 0. The molecular weight excluding hydrogens is 244 g/mol. The van der Waals surface area contributed by atoms with Crippen molar-refractivity contribution in [2.45, 2.75) is 85.2 Å². The molecule has 4 unspecified atom stereocenters. The minimum Gasteiger partial charge on any atom is -0.309 e. The first-order chi connectivity index (χ1) is 9.39. The highest BCUT2D eigenvalue weighted by atomic mass is 15.0. The number of piperidine rings is 1. The molecule has 1 saturated heterocycles. The van der Waals surface area contributed by atoms with Crippen LogP contribution in [0.3, 0.4) is 0 Å². The molecule has 4 atom stereocenters. The first-order valence-corrected chi connectivity index (χ1v) is 8.67. The van der Waals surface area contributed by atoms with E-state index in [1.807, 2.05) is 0 Å². The van der Waals surface area contributed by atoms with Gasteiger partial charge in [0.25, 0.3) is 0 Å². The Morgan fingerprint density at radius 2 is 1.80 bits per heavy atom. The third kappa shape index (κ3) is 3.84. The monoisotopic (exact) mass is 278 g/mol. The summed E-state index contributed by atoms with van der Waals surface area (Å²) in [7, 11) is 0. The number of hydrogen-bond acceptors (Lipinski definition) is 2. The normalized spacial score (nSPS) is 37.0. The van der Waals surface area contributed by atoms with Gasteiger partial charge in [-0.1, -0.05) is 40.5 Å². The molecule has 1 aliphatic carbocycles. The summed E-state index contributed by atoms with van der Waals surface area (Å²) in [6.45, 7) is 13.0. The number of hydrogen-bond donors (Lipinski definition) is 1. The lowest BCUT2D eigenvalue weighted by Crippen LogP contribution is -2.43. The first-order valence-electron chi connectivity index (χ1n) is 8.67. The highest BCUT2D eigenvalue weighted by Gasteiger charge is 2.38. The van der Waals surface area contributed by atoms with Crippen molar-refractivity contribution < 1.29 is 0 Å². The van der Waals surface area contributed by atoms with E-state index >= 15 is 0 Å². The van der Waals surface area contributed by atoms with Crippen LogP contribution in [0.1, 0.15) is 73.1 Å². The Morgan fingerprint density at radius 3 is 2.40 bits per heavy atom. The summed E-state index contributed by atoms with van der Waals surface area (Å²) >= 11 is 0. The van der Waals surface area contributed by atoms with Crippen molar-refractivity contribution in [3.8, 4) is 0 Å². The lowest BCUT2D eigenvalue weighted by molar-refractivity contribution is 0.119. The van der Waals surface area contributed by atoms with E-state index in [2.05, 4.69) is 39.9 Å². The molecule has 2 heteroatoms. The second kappa shape index (κ2) is 6.60. The Balaban J connectivity index is 2.13. The summed E-state index contributed by atoms with van der Waals surface area (Å²) in [6.07, 6.45) is 8.05. The van der Waals surface area contributed by atoms with Crippen LogP contribution >= 0.6 is 0 Å². The molecule has 1 N–H and O–H groups in total. The molecule has 0 aromatic heterocycles. The van der Waals surface area contributed by atoms with Crippen molar-refractivity contribution >= 4 is 5.71 Å². The predicted octanol–water partition coefficient (Wildman–Crippen LogP) is 4.44. The topological polar surface area (TPSA) is 24.4 Å². The summed E-state index contributed by atoms with van der Waals surface area (Å²) in [5.74, 6) is 1.48. The second-order valence-corrected chi connectivity index (χ2v) is 8.14. The zero-order valence-corrected chi connectivity index (χ0v) is 14.2.